The van der Waals surface area contributed by atoms with Crippen LogP contribution in [0, 0.1) is 0 Å². The first-order chi connectivity index (χ1) is 15.7. The first-order valence-corrected chi connectivity index (χ1v) is 10.3. The second-order valence-electron chi connectivity index (χ2n) is 6.98. The van der Waals surface area contributed by atoms with Gasteiger partial charge in [-0.25, -0.2) is 10.2 Å². The summed E-state index contributed by atoms with van der Waals surface area (Å²) in [5.41, 5.74) is 6.67. The molecule has 0 spiro atoms. The lowest BCUT2D eigenvalue weighted by Crippen LogP contribution is -2.26. The predicted molar refractivity (Wildman–Crippen MR) is 128 cm³/mol. The van der Waals surface area contributed by atoms with Crippen molar-refractivity contribution in [3.63, 3.8) is 0 Å². The number of rotatable bonds is 9. The van der Waals surface area contributed by atoms with Crippen LogP contribution in [-0.4, -0.2) is 39.6 Å². The molecule has 0 atom stereocenters. The van der Waals surface area contributed by atoms with Crippen molar-refractivity contribution in [2.45, 2.75) is 6.42 Å². The minimum Gasteiger partial charge on any atom is -0.493 e. The maximum absolute atomic E-state index is 12.5. The van der Waals surface area contributed by atoms with E-state index in [0.29, 0.717) is 22.9 Å². The molecule has 0 heterocycles. The van der Waals surface area contributed by atoms with Crippen molar-refractivity contribution in [1.29, 1.82) is 0 Å². The van der Waals surface area contributed by atoms with Gasteiger partial charge in [-0.3, -0.25) is 0 Å². The molecule has 3 N–H and O–H groups in total. The largest absolute Gasteiger partial charge is 0.493 e. The second kappa shape index (κ2) is 11.5. The molecule has 0 saturated carbocycles. The van der Waals surface area contributed by atoms with Crippen LogP contribution in [0.5, 0.6) is 11.5 Å². The molecule has 3 aromatic rings. The van der Waals surface area contributed by atoms with Crippen LogP contribution in [0.2, 0.25) is 0 Å². The summed E-state index contributed by atoms with van der Waals surface area (Å²) in [7, 11) is 5.11. The highest BCUT2D eigenvalue weighted by Gasteiger charge is 2.17. The van der Waals surface area contributed by atoms with E-state index >= 15 is 0 Å². The van der Waals surface area contributed by atoms with Gasteiger partial charge in [-0.05, 0) is 49.8 Å². The van der Waals surface area contributed by atoms with Gasteiger partial charge in [0.2, 0.25) is 0 Å². The second-order valence-corrected chi connectivity index (χ2v) is 6.98. The van der Waals surface area contributed by atoms with Gasteiger partial charge >= 0.3 is 6.03 Å². The molecule has 0 unspecified atom stereocenters. The van der Waals surface area contributed by atoms with E-state index in [1.165, 1.54) is 0 Å². The van der Waals surface area contributed by atoms with Crippen LogP contribution in [0.15, 0.2) is 77.9 Å². The van der Waals surface area contributed by atoms with Crippen LogP contribution in [0.4, 0.5) is 10.5 Å². The van der Waals surface area contributed by atoms with Gasteiger partial charge in [-0.15, -0.1) is 0 Å². The van der Waals surface area contributed by atoms with Crippen LogP contribution in [0.3, 0.4) is 0 Å². The predicted octanol–water partition coefficient (Wildman–Crippen LogP) is 4.04. The summed E-state index contributed by atoms with van der Waals surface area (Å²) in [6.45, 7) is 0.770. The molecule has 0 fully saturated rings. The number of anilines is 1. The molecule has 0 bridgehead atoms. The number of ether oxygens (including phenoxy) is 2. The van der Waals surface area contributed by atoms with E-state index in [2.05, 4.69) is 21.2 Å². The third-order valence-electron chi connectivity index (χ3n) is 4.86. The lowest BCUT2D eigenvalue weighted by molar-refractivity contribution is 0.252. The van der Waals surface area contributed by atoms with Crippen molar-refractivity contribution < 1.29 is 14.3 Å². The van der Waals surface area contributed by atoms with E-state index in [9.17, 15) is 4.79 Å². The quantitative estimate of drug-likeness (QED) is 0.352. The first kappa shape index (κ1) is 22.8. The monoisotopic (exact) mass is 432 g/mol. The van der Waals surface area contributed by atoms with Crippen molar-refractivity contribution >= 4 is 17.4 Å². The third-order valence-corrected chi connectivity index (χ3v) is 4.86. The van der Waals surface area contributed by atoms with E-state index in [1.54, 1.807) is 14.2 Å². The van der Waals surface area contributed by atoms with Gasteiger partial charge in [-0.1, -0.05) is 48.5 Å². The molecule has 0 aliphatic rings. The number of urea groups is 1. The fourth-order valence-corrected chi connectivity index (χ4v) is 3.27. The van der Waals surface area contributed by atoms with E-state index in [1.807, 2.05) is 79.8 Å². The Kier molecular flexibility index (Phi) is 8.22. The average molecular weight is 433 g/mol. The lowest BCUT2D eigenvalue weighted by Gasteiger charge is -2.17. The molecule has 7 heteroatoms. The third kappa shape index (κ3) is 5.86. The SMILES string of the molecule is CNCCc1cc(OC)c(OC)cc1/C(=N\NC(=O)Nc1ccccc1)c1ccccc1. The van der Waals surface area contributed by atoms with E-state index in [4.69, 9.17) is 9.47 Å². The van der Waals surface area contributed by atoms with Crippen molar-refractivity contribution in [1.82, 2.24) is 10.7 Å². The Morgan fingerprint density at radius 3 is 2.16 bits per heavy atom. The summed E-state index contributed by atoms with van der Waals surface area (Å²) in [5, 5.41) is 10.4. The molecule has 32 heavy (non-hydrogen) atoms. The van der Waals surface area contributed by atoms with Gasteiger partial charge in [0.15, 0.2) is 11.5 Å². The topological polar surface area (TPSA) is 84.0 Å². The van der Waals surface area contributed by atoms with Crippen LogP contribution >= 0.6 is 0 Å². The zero-order chi connectivity index (χ0) is 22.8. The van der Waals surface area contributed by atoms with Gasteiger partial charge in [0, 0.05) is 16.8 Å². The van der Waals surface area contributed by atoms with Crippen LogP contribution in [-0.2, 0) is 6.42 Å². The number of methoxy groups -OCH3 is 2. The minimum atomic E-state index is -0.429. The van der Waals surface area contributed by atoms with Crippen molar-refractivity contribution in [2.24, 2.45) is 5.10 Å². The summed E-state index contributed by atoms with van der Waals surface area (Å²) in [5.74, 6) is 1.23. The minimum absolute atomic E-state index is 0.429. The Morgan fingerprint density at radius 1 is 0.906 bits per heavy atom. The number of likely N-dealkylation sites (N-methyl/N-ethyl adjacent to an activating group) is 1. The zero-order valence-electron chi connectivity index (χ0n) is 18.5. The molecule has 3 aromatic carbocycles. The number of amides is 2. The Bertz CT molecular complexity index is 1050. The molecule has 0 radical (unpaired) electrons. The Labute approximate surface area is 188 Å². The number of hydrogen-bond donors (Lipinski definition) is 3. The lowest BCUT2D eigenvalue weighted by atomic mass is 9.95. The van der Waals surface area contributed by atoms with Crippen LogP contribution in [0.25, 0.3) is 0 Å². The molecule has 0 aromatic heterocycles. The number of nitrogens with zero attached hydrogens (tertiary/aromatic N) is 1. The fourth-order valence-electron chi connectivity index (χ4n) is 3.27. The number of carbonyl (C=O) groups is 1. The van der Waals surface area contributed by atoms with E-state index in [0.717, 1.165) is 29.7 Å². The molecule has 3 rings (SSSR count). The van der Waals surface area contributed by atoms with Gasteiger partial charge in [-0.2, -0.15) is 5.10 Å². The standard InChI is InChI=1S/C25H28N4O3/c1-26-15-14-19-16-22(31-2)23(32-3)17-21(19)24(18-10-6-4-7-11-18)28-29-25(30)27-20-12-8-5-9-13-20/h4-13,16-17,26H,14-15H2,1-3H3,(H2,27,29,30)/b28-24-. The highest BCUT2D eigenvalue weighted by atomic mass is 16.5. The summed E-state index contributed by atoms with van der Waals surface area (Å²) < 4.78 is 11.0. The van der Waals surface area contributed by atoms with E-state index < -0.39 is 6.03 Å². The maximum atomic E-state index is 12.5. The molecule has 166 valence electrons. The molecule has 0 aliphatic carbocycles. The van der Waals surface area contributed by atoms with Crippen LogP contribution in [0.1, 0.15) is 16.7 Å². The average Bonchev–Trinajstić information content (AvgIpc) is 2.84. The number of nitrogens with one attached hydrogen (secondary N) is 3. The summed E-state index contributed by atoms with van der Waals surface area (Å²) in [4.78, 5) is 12.5. The summed E-state index contributed by atoms with van der Waals surface area (Å²) >= 11 is 0. The van der Waals surface area contributed by atoms with Gasteiger partial charge in [0.05, 0.1) is 19.9 Å². The molecular weight excluding hydrogens is 404 g/mol. The summed E-state index contributed by atoms with van der Waals surface area (Å²) in [6, 6.07) is 22.3. The molecule has 2 amide bonds. The molecule has 0 saturated heterocycles. The Morgan fingerprint density at radius 2 is 1.53 bits per heavy atom. The number of para-hydroxylation sites is 1. The van der Waals surface area contributed by atoms with Gasteiger partial charge in [0.25, 0.3) is 0 Å². The smallest absolute Gasteiger partial charge is 0.339 e. The normalized spacial score (nSPS) is 11.0. The molecular formula is C25H28N4O3. The zero-order valence-corrected chi connectivity index (χ0v) is 18.5. The van der Waals surface area contributed by atoms with Gasteiger partial charge in [0.1, 0.15) is 0 Å². The van der Waals surface area contributed by atoms with Crippen molar-refractivity contribution in [3.8, 4) is 11.5 Å². The van der Waals surface area contributed by atoms with Gasteiger partial charge < -0.3 is 20.1 Å². The number of carbonyl (C=O) groups excluding carboxylic acids is 1. The maximum Gasteiger partial charge on any atom is 0.339 e. The highest BCUT2D eigenvalue weighted by Crippen LogP contribution is 2.32. The molecule has 0 aliphatic heterocycles. The fraction of sp³-hybridized carbons (Fsp3) is 0.200. The molecule has 7 nitrogen and oxygen atoms in total. The Balaban J connectivity index is 2.02. The number of benzene rings is 3. The first-order valence-electron chi connectivity index (χ1n) is 10.3. The summed E-state index contributed by atoms with van der Waals surface area (Å²) in [6.07, 6.45) is 0.744. The van der Waals surface area contributed by atoms with Crippen molar-refractivity contribution in [3.05, 3.63) is 89.5 Å². The van der Waals surface area contributed by atoms with E-state index in [-0.39, 0.29) is 0 Å². The highest BCUT2D eigenvalue weighted by molar-refractivity contribution is 6.14. The van der Waals surface area contributed by atoms with Crippen LogP contribution < -0.4 is 25.5 Å². The van der Waals surface area contributed by atoms with Crippen molar-refractivity contribution in [2.75, 3.05) is 33.1 Å². The number of hydrogen-bond acceptors (Lipinski definition) is 5. The number of hydrazone groups is 1. The Hall–Kier alpha value is -3.84.